The fourth-order valence-electron chi connectivity index (χ4n) is 1.47. The summed E-state index contributed by atoms with van der Waals surface area (Å²) in [4.78, 5) is 12.1. The third-order valence-corrected chi connectivity index (χ3v) is 2.42. The monoisotopic (exact) mass is 254 g/mol. The van der Waals surface area contributed by atoms with Gasteiger partial charge in [-0.25, -0.2) is 15.0 Å². The van der Waals surface area contributed by atoms with Gasteiger partial charge >= 0.3 is 0 Å². The molecule has 0 unspecified atom stereocenters. The first-order chi connectivity index (χ1) is 9.33. The molecule has 2 aromatic heterocycles. The molecule has 19 heavy (non-hydrogen) atoms. The molecule has 0 bridgehead atoms. The molecule has 0 saturated carbocycles. The third-order valence-electron chi connectivity index (χ3n) is 2.42. The minimum Gasteiger partial charge on any atom is -0.370 e. The zero-order valence-electron chi connectivity index (χ0n) is 10.6. The largest absolute Gasteiger partial charge is 0.370 e. The van der Waals surface area contributed by atoms with Crippen LogP contribution < -0.4 is 10.6 Å². The summed E-state index contributed by atoms with van der Waals surface area (Å²) < 4.78 is 0. The Balaban J connectivity index is 2.09. The molecule has 0 atom stereocenters. The summed E-state index contributed by atoms with van der Waals surface area (Å²) in [7, 11) is 0. The molecule has 0 aliphatic heterocycles. The molecule has 0 amide bonds. The third kappa shape index (κ3) is 3.39. The number of nitriles is 1. The van der Waals surface area contributed by atoms with E-state index in [1.807, 2.05) is 18.2 Å². The van der Waals surface area contributed by atoms with Gasteiger partial charge in [0.15, 0.2) is 5.82 Å². The predicted molar refractivity (Wildman–Crippen MR) is 73.0 cm³/mol. The van der Waals surface area contributed by atoms with Crippen molar-refractivity contribution in [1.82, 2.24) is 15.0 Å². The van der Waals surface area contributed by atoms with Crippen LogP contribution in [0.1, 0.15) is 18.9 Å². The average molecular weight is 254 g/mol. The summed E-state index contributed by atoms with van der Waals surface area (Å²) in [5.41, 5.74) is 1.17. The molecule has 2 aromatic rings. The molecule has 0 aliphatic carbocycles. The zero-order chi connectivity index (χ0) is 13.5. The number of nitrogens with one attached hydrogen (secondary N) is 2. The van der Waals surface area contributed by atoms with Crippen molar-refractivity contribution in [2.75, 3.05) is 17.2 Å². The molecule has 0 aromatic carbocycles. The molecule has 0 saturated heterocycles. The molecule has 0 spiro atoms. The van der Waals surface area contributed by atoms with Gasteiger partial charge in [-0.2, -0.15) is 5.26 Å². The van der Waals surface area contributed by atoms with E-state index >= 15 is 0 Å². The lowest BCUT2D eigenvalue weighted by molar-refractivity contribution is 0.969. The van der Waals surface area contributed by atoms with Gasteiger partial charge in [-0.3, -0.25) is 0 Å². The maximum absolute atomic E-state index is 8.94. The number of hydrogen-bond donors (Lipinski definition) is 2. The maximum Gasteiger partial charge on any atom is 0.151 e. The van der Waals surface area contributed by atoms with Gasteiger partial charge in [-0.1, -0.05) is 6.92 Å². The van der Waals surface area contributed by atoms with Crippen LogP contribution in [-0.2, 0) is 0 Å². The van der Waals surface area contributed by atoms with Crippen LogP contribution in [0.3, 0.4) is 0 Å². The second-order valence-electron chi connectivity index (χ2n) is 3.88. The van der Waals surface area contributed by atoms with Gasteiger partial charge in [-0.05, 0) is 18.6 Å². The Hall–Kier alpha value is -2.68. The van der Waals surface area contributed by atoms with Gasteiger partial charge in [-0.15, -0.1) is 0 Å². The molecule has 0 radical (unpaired) electrons. The number of aromatic nitrogens is 3. The van der Waals surface area contributed by atoms with Crippen LogP contribution in [0.25, 0.3) is 0 Å². The first-order valence-corrected chi connectivity index (χ1v) is 6.00. The molecule has 96 valence electrons. The molecule has 0 fully saturated rings. The van der Waals surface area contributed by atoms with E-state index in [1.165, 1.54) is 12.5 Å². The van der Waals surface area contributed by atoms with Crippen molar-refractivity contribution in [3.8, 4) is 6.07 Å². The Morgan fingerprint density at radius 1 is 1.26 bits per heavy atom. The van der Waals surface area contributed by atoms with E-state index in [4.69, 9.17) is 5.26 Å². The lowest BCUT2D eigenvalue weighted by atomic mass is 10.3. The molecule has 6 heteroatoms. The highest BCUT2D eigenvalue weighted by molar-refractivity contribution is 5.61. The molecular weight excluding hydrogens is 240 g/mol. The van der Waals surface area contributed by atoms with Crippen molar-refractivity contribution >= 4 is 17.3 Å². The Morgan fingerprint density at radius 2 is 2.16 bits per heavy atom. The number of anilines is 3. The van der Waals surface area contributed by atoms with Crippen molar-refractivity contribution in [2.45, 2.75) is 13.3 Å². The number of rotatable bonds is 5. The summed E-state index contributed by atoms with van der Waals surface area (Å²) in [5, 5.41) is 15.2. The van der Waals surface area contributed by atoms with Gasteiger partial charge in [0.05, 0.1) is 18.1 Å². The molecule has 0 aliphatic rings. The van der Waals surface area contributed by atoms with E-state index < -0.39 is 0 Å². The van der Waals surface area contributed by atoms with E-state index in [0.29, 0.717) is 11.4 Å². The van der Waals surface area contributed by atoms with Gasteiger partial charge < -0.3 is 10.6 Å². The average Bonchev–Trinajstić information content (AvgIpc) is 2.47. The first-order valence-electron chi connectivity index (χ1n) is 6.00. The van der Waals surface area contributed by atoms with Gasteiger partial charge in [0, 0.05) is 6.54 Å². The van der Waals surface area contributed by atoms with Crippen molar-refractivity contribution in [1.29, 1.82) is 5.26 Å². The van der Waals surface area contributed by atoms with E-state index in [-0.39, 0.29) is 0 Å². The van der Waals surface area contributed by atoms with Crippen molar-refractivity contribution in [2.24, 2.45) is 0 Å². The summed E-state index contributed by atoms with van der Waals surface area (Å²) in [6, 6.07) is 5.80. The van der Waals surface area contributed by atoms with E-state index in [9.17, 15) is 0 Å². The quantitative estimate of drug-likeness (QED) is 0.851. The number of pyridine rings is 1. The number of nitrogens with zero attached hydrogens (tertiary/aromatic N) is 4. The van der Waals surface area contributed by atoms with Crippen LogP contribution >= 0.6 is 0 Å². The predicted octanol–water partition coefficient (Wildman–Crippen LogP) is 2.31. The van der Waals surface area contributed by atoms with E-state index in [1.54, 1.807) is 6.20 Å². The van der Waals surface area contributed by atoms with Gasteiger partial charge in [0.2, 0.25) is 0 Å². The fourth-order valence-corrected chi connectivity index (χ4v) is 1.47. The fraction of sp³-hybridized carbons (Fsp3) is 0.231. The highest BCUT2D eigenvalue weighted by Gasteiger charge is 2.03. The SMILES string of the molecule is CCCNc1ccc(Nc2ncncc2C#N)cn1. The Kier molecular flexibility index (Phi) is 4.24. The minimum atomic E-state index is 0.399. The van der Waals surface area contributed by atoms with Crippen LogP contribution in [0.2, 0.25) is 0 Å². The lowest BCUT2D eigenvalue weighted by Gasteiger charge is -2.07. The second kappa shape index (κ2) is 6.31. The van der Waals surface area contributed by atoms with Gasteiger partial charge in [0.25, 0.3) is 0 Å². The number of hydrogen-bond acceptors (Lipinski definition) is 6. The second-order valence-corrected chi connectivity index (χ2v) is 3.88. The van der Waals surface area contributed by atoms with Crippen LogP contribution in [-0.4, -0.2) is 21.5 Å². The summed E-state index contributed by atoms with van der Waals surface area (Å²) in [5.74, 6) is 1.31. The lowest BCUT2D eigenvalue weighted by Crippen LogP contribution is -2.02. The molecular formula is C13H14N6. The topological polar surface area (TPSA) is 86.5 Å². The Morgan fingerprint density at radius 3 is 2.84 bits per heavy atom. The summed E-state index contributed by atoms with van der Waals surface area (Å²) in [6.07, 6.45) is 5.61. The minimum absolute atomic E-state index is 0.399. The standard InChI is InChI=1S/C13H14N6/c1-2-5-16-12-4-3-11(8-17-12)19-13-10(6-14)7-15-9-18-13/h3-4,7-9H,2,5H2,1H3,(H,16,17)(H,15,18,19). The zero-order valence-corrected chi connectivity index (χ0v) is 10.6. The van der Waals surface area contributed by atoms with Gasteiger partial charge in [0.1, 0.15) is 23.8 Å². The molecule has 2 N–H and O–H groups in total. The van der Waals surface area contributed by atoms with Crippen LogP contribution in [0.4, 0.5) is 17.3 Å². The normalized spacial score (nSPS) is 9.68. The summed E-state index contributed by atoms with van der Waals surface area (Å²) in [6.45, 7) is 2.99. The van der Waals surface area contributed by atoms with Crippen molar-refractivity contribution in [3.05, 3.63) is 36.4 Å². The molecule has 2 heterocycles. The van der Waals surface area contributed by atoms with Crippen molar-refractivity contribution in [3.63, 3.8) is 0 Å². The van der Waals surface area contributed by atoms with Crippen LogP contribution in [0.5, 0.6) is 0 Å². The van der Waals surface area contributed by atoms with Crippen LogP contribution in [0.15, 0.2) is 30.9 Å². The Bertz CT molecular complexity index is 572. The highest BCUT2D eigenvalue weighted by atomic mass is 15.0. The van der Waals surface area contributed by atoms with E-state index in [2.05, 4.69) is 32.5 Å². The molecule has 6 nitrogen and oxygen atoms in total. The summed E-state index contributed by atoms with van der Waals surface area (Å²) >= 11 is 0. The van der Waals surface area contributed by atoms with Crippen LogP contribution in [0, 0.1) is 11.3 Å². The molecule has 2 rings (SSSR count). The first kappa shape index (κ1) is 12.8. The van der Waals surface area contributed by atoms with Crippen molar-refractivity contribution < 1.29 is 0 Å². The maximum atomic E-state index is 8.94. The highest BCUT2D eigenvalue weighted by Crippen LogP contribution is 2.17. The van der Waals surface area contributed by atoms with E-state index in [0.717, 1.165) is 24.5 Å². The Labute approximate surface area is 111 Å². The smallest absolute Gasteiger partial charge is 0.151 e.